The predicted octanol–water partition coefficient (Wildman–Crippen LogP) is 2.05. The molecule has 4 heteroatoms. The number of aromatic amines is 1. The number of hydrogen-bond acceptors (Lipinski definition) is 3. The Morgan fingerprint density at radius 1 is 1.25 bits per heavy atom. The van der Waals surface area contributed by atoms with Crippen LogP contribution in [-0.2, 0) is 11.2 Å². The minimum Gasteiger partial charge on any atom is -0.385 e. The molecule has 16 heavy (non-hydrogen) atoms. The Kier molecular flexibility index (Phi) is 3.66. The monoisotopic (exact) mass is 217 g/mol. The summed E-state index contributed by atoms with van der Waals surface area (Å²) in [7, 11) is 1.70. The molecule has 84 valence electrons. The SMILES string of the molecule is COCCCc1nc(-c2ccccc2)n[nH]1. The molecule has 1 aromatic heterocycles. The molecule has 4 nitrogen and oxygen atoms in total. The number of rotatable bonds is 5. The molecule has 0 saturated heterocycles. The van der Waals surface area contributed by atoms with Crippen LogP contribution in [0.4, 0.5) is 0 Å². The fraction of sp³-hybridized carbons (Fsp3) is 0.333. The quantitative estimate of drug-likeness (QED) is 0.780. The molecule has 0 spiro atoms. The van der Waals surface area contributed by atoms with E-state index in [0.717, 1.165) is 36.7 Å². The van der Waals surface area contributed by atoms with Crippen molar-refractivity contribution in [1.82, 2.24) is 15.2 Å². The van der Waals surface area contributed by atoms with Crippen LogP contribution in [0.3, 0.4) is 0 Å². The lowest BCUT2D eigenvalue weighted by atomic mass is 10.2. The molecule has 0 aliphatic heterocycles. The summed E-state index contributed by atoms with van der Waals surface area (Å²) in [5, 5.41) is 7.13. The average molecular weight is 217 g/mol. The van der Waals surface area contributed by atoms with Crippen LogP contribution in [0.15, 0.2) is 30.3 Å². The third-order valence-electron chi connectivity index (χ3n) is 2.33. The molecule has 1 heterocycles. The Labute approximate surface area is 94.7 Å². The van der Waals surface area contributed by atoms with E-state index in [1.807, 2.05) is 30.3 Å². The van der Waals surface area contributed by atoms with Crippen LogP contribution >= 0.6 is 0 Å². The highest BCUT2D eigenvalue weighted by Gasteiger charge is 2.04. The van der Waals surface area contributed by atoms with E-state index in [-0.39, 0.29) is 0 Å². The van der Waals surface area contributed by atoms with Crippen molar-refractivity contribution in [2.45, 2.75) is 12.8 Å². The summed E-state index contributed by atoms with van der Waals surface area (Å²) in [6.45, 7) is 0.751. The Morgan fingerprint density at radius 3 is 2.81 bits per heavy atom. The first-order valence-electron chi connectivity index (χ1n) is 5.36. The van der Waals surface area contributed by atoms with Crippen molar-refractivity contribution in [3.05, 3.63) is 36.2 Å². The van der Waals surface area contributed by atoms with Crippen molar-refractivity contribution >= 4 is 0 Å². The van der Waals surface area contributed by atoms with Gasteiger partial charge in [-0.2, -0.15) is 5.10 Å². The number of aromatic nitrogens is 3. The first kappa shape index (κ1) is 10.8. The van der Waals surface area contributed by atoms with E-state index in [0.29, 0.717) is 0 Å². The smallest absolute Gasteiger partial charge is 0.181 e. The molecule has 1 N–H and O–H groups in total. The van der Waals surface area contributed by atoms with Crippen molar-refractivity contribution in [3.8, 4) is 11.4 Å². The van der Waals surface area contributed by atoms with Gasteiger partial charge in [-0.3, -0.25) is 5.10 Å². The van der Waals surface area contributed by atoms with Gasteiger partial charge in [0, 0.05) is 25.7 Å². The largest absolute Gasteiger partial charge is 0.385 e. The highest BCUT2D eigenvalue weighted by Crippen LogP contribution is 2.13. The van der Waals surface area contributed by atoms with Crippen LogP contribution in [0.5, 0.6) is 0 Å². The fourth-order valence-corrected chi connectivity index (χ4v) is 1.51. The number of ether oxygens (including phenoxy) is 1. The normalized spacial score (nSPS) is 10.6. The van der Waals surface area contributed by atoms with Crippen molar-refractivity contribution in [2.24, 2.45) is 0 Å². The number of aryl methyl sites for hydroxylation is 1. The van der Waals surface area contributed by atoms with Gasteiger partial charge >= 0.3 is 0 Å². The summed E-state index contributed by atoms with van der Waals surface area (Å²) in [4.78, 5) is 4.43. The molecule has 0 unspecified atom stereocenters. The van der Waals surface area contributed by atoms with Crippen LogP contribution in [0, 0.1) is 0 Å². The second-order valence-electron chi connectivity index (χ2n) is 3.57. The van der Waals surface area contributed by atoms with E-state index < -0.39 is 0 Å². The van der Waals surface area contributed by atoms with Gasteiger partial charge < -0.3 is 4.74 Å². The Balaban J connectivity index is 2.02. The Bertz CT molecular complexity index is 425. The molecule has 2 rings (SSSR count). The molecular weight excluding hydrogens is 202 g/mol. The first-order chi connectivity index (χ1) is 7.90. The van der Waals surface area contributed by atoms with Crippen LogP contribution in [0.2, 0.25) is 0 Å². The fourth-order valence-electron chi connectivity index (χ4n) is 1.51. The van der Waals surface area contributed by atoms with Gasteiger partial charge in [0.1, 0.15) is 5.82 Å². The summed E-state index contributed by atoms with van der Waals surface area (Å²) < 4.78 is 4.99. The topological polar surface area (TPSA) is 50.8 Å². The zero-order chi connectivity index (χ0) is 11.2. The molecule has 0 aliphatic rings. The predicted molar refractivity (Wildman–Crippen MR) is 62.0 cm³/mol. The van der Waals surface area contributed by atoms with Crippen molar-refractivity contribution in [3.63, 3.8) is 0 Å². The van der Waals surface area contributed by atoms with Crippen molar-refractivity contribution in [1.29, 1.82) is 0 Å². The van der Waals surface area contributed by atoms with E-state index in [4.69, 9.17) is 4.74 Å². The van der Waals surface area contributed by atoms with E-state index in [9.17, 15) is 0 Å². The molecule has 2 aromatic rings. The molecular formula is C12H15N3O. The number of nitrogens with zero attached hydrogens (tertiary/aromatic N) is 2. The molecule has 0 saturated carbocycles. The molecule has 0 aliphatic carbocycles. The van der Waals surface area contributed by atoms with E-state index in [2.05, 4.69) is 15.2 Å². The summed E-state index contributed by atoms with van der Waals surface area (Å²) in [5.41, 5.74) is 1.04. The second-order valence-corrected chi connectivity index (χ2v) is 3.57. The minimum absolute atomic E-state index is 0.751. The lowest BCUT2D eigenvalue weighted by Crippen LogP contribution is -1.94. The van der Waals surface area contributed by atoms with Crippen molar-refractivity contribution in [2.75, 3.05) is 13.7 Å². The Morgan fingerprint density at radius 2 is 2.06 bits per heavy atom. The molecule has 0 fully saturated rings. The first-order valence-corrected chi connectivity index (χ1v) is 5.36. The number of nitrogens with one attached hydrogen (secondary N) is 1. The number of H-pyrrole nitrogens is 1. The van der Waals surface area contributed by atoms with E-state index in [1.165, 1.54) is 0 Å². The molecule has 0 bridgehead atoms. The van der Waals surface area contributed by atoms with Crippen LogP contribution in [0.1, 0.15) is 12.2 Å². The summed E-state index contributed by atoms with van der Waals surface area (Å²) in [6.07, 6.45) is 1.83. The van der Waals surface area contributed by atoms with Gasteiger partial charge in [0.15, 0.2) is 5.82 Å². The summed E-state index contributed by atoms with van der Waals surface area (Å²) in [6, 6.07) is 9.95. The molecule has 0 amide bonds. The maximum Gasteiger partial charge on any atom is 0.181 e. The Hall–Kier alpha value is -1.68. The third-order valence-corrected chi connectivity index (χ3v) is 2.33. The average Bonchev–Trinajstić information content (AvgIpc) is 2.79. The maximum atomic E-state index is 4.99. The lowest BCUT2D eigenvalue weighted by Gasteiger charge is -1.95. The van der Waals surface area contributed by atoms with E-state index in [1.54, 1.807) is 7.11 Å². The van der Waals surface area contributed by atoms with Gasteiger partial charge in [0.05, 0.1) is 0 Å². The van der Waals surface area contributed by atoms with Gasteiger partial charge in [-0.1, -0.05) is 30.3 Å². The number of methoxy groups -OCH3 is 1. The highest BCUT2D eigenvalue weighted by atomic mass is 16.5. The second kappa shape index (κ2) is 5.42. The lowest BCUT2D eigenvalue weighted by molar-refractivity contribution is 0.194. The molecule has 0 radical (unpaired) electrons. The van der Waals surface area contributed by atoms with Gasteiger partial charge in [0.25, 0.3) is 0 Å². The zero-order valence-electron chi connectivity index (χ0n) is 9.31. The highest BCUT2D eigenvalue weighted by molar-refractivity contribution is 5.53. The third kappa shape index (κ3) is 2.67. The van der Waals surface area contributed by atoms with Crippen LogP contribution < -0.4 is 0 Å². The van der Waals surface area contributed by atoms with Gasteiger partial charge in [-0.25, -0.2) is 4.98 Å². The van der Waals surface area contributed by atoms with Crippen molar-refractivity contribution < 1.29 is 4.74 Å². The minimum atomic E-state index is 0.751. The number of benzene rings is 1. The standard InChI is InChI=1S/C12H15N3O/c1-16-9-5-8-11-13-12(15-14-11)10-6-3-2-4-7-10/h2-4,6-7H,5,8-9H2,1H3,(H,13,14,15). The van der Waals surface area contributed by atoms with Gasteiger partial charge in [-0.15, -0.1) is 0 Å². The number of hydrogen-bond donors (Lipinski definition) is 1. The van der Waals surface area contributed by atoms with Crippen LogP contribution in [0.25, 0.3) is 11.4 Å². The molecule has 1 aromatic carbocycles. The maximum absolute atomic E-state index is 4.99. The summed E-state index contributed by atoms with van der Waals surface area (Å²) >= 11 is 0. The zero-order valence-corrected chi connectivity index (χ0v) is 9.31. The summed E-state index contributed by atoms with van der Waals surface area (Å²) in [5.74, 6) is 1.67. The van der Waals surface area contributed by atoms with Gasteiger partial charge in [-0.05, 0) is 6.42 Å². The van der Waals surface area contributed by atoms with Gasteiger partial charge in [0.2, 0.25) is 0 Å². The molecule has 0 atom stereocenters. The van der Waals surface area contributed by atoms with E-state index >= 15 is 0 Å². The van der Waals surface area contributed by atoms with Crippen LogP contribution in [-0.4, -0.2) is 28.9 Å².